The third-order valence-corrected chi connectivity index (χ3v) is 0.695. The summed E-state index contributed by atoms with van der Waals surface area (Å²) < 4.78 is 34.3. The van der Waals surface area contributed by atoms with E-state index in [0.29, 0.717) is 0 Å². The second-order valence-corrected chi connectivity index (χ2v) is 1.54. The summed E-state index contributed by atoms with van der Waals surface area (Å²) in [5.41, 5.74) is 0. The maximum atomic E-state index is 11.4. The molecule has 10 heavy (non-hydrogen) atoms. The van der Waals surface area contributed by atoms with E-state index in [1.54, 1.807) is 5.92 Å². The molecule has 58 valence electrons. The van der Waals surface area contributed by atoms with Gasteiger partial charge in [-0.1, -0.05) is 0 Å². The normalized spacial score (nSPS) is 12.2. The molecule has 0 aliphatic rings. The van der Waals surface area contributed by atoms with Gasteiger partial charge in [-0.3, -0.25) is 0 Å². The molecule has 0 rings (SSSR count). The van der Waals surface area contributed by atoms with E-state index in [1.807, 2.05) is 0 Å². The fraction of sp³-hybridized carbons (Fsp3) is 0.600. The van der Waals surface area contributed by atoms with Crippen molar-refractivity contribution in [3.8, 4) is 11.8 Å². The quantitative estimate of drug-likeness (QED) is 0.388. The maximum Gasteiger partial charge on any atom is 0.456 e. The highest BCUT2D eigenvalue weighted by atomic mass is 19.4. The van der Waals surface area contributed by atoms with Gasteiger partial charge in [-0.25, -0.2) is 0 Å². The van der Waals surface area contributed by atoms with Gasteiger partial charge >= 0.3 is 12.0 Å². The Labute approximate surface area is 55.3 Å². The zero-order chi connectivity index (χ0) is 8.41. The van der Waals surface area contributed by atoms with Gasteiger partial charge in [0.1, 0.15) is 0 Å². The molecule has 0 aromatic carbocycles. The summed E-state index contributed by atoms with van der Waals surface area (Å²) in [5, 5.41) is 16.2. The van der Waals surface area contributed by atoms with E-state index >= 15 is 0 Å². The van der Waals surface area contributed by atoms with Gasteiger partial charge in [-0.15, -0.1) is 5.92 Å². The van der Waals surface area contributed by atoms with Gasteiger partial charge in [-0.05, 0) is 12.8 Å². The van der Waals surface area contributed by atoms with Crippen molar-refractivity contribution in [1.29, 1.82) is 0 Å². The molecule has 2 nitrogen and oxygen atoms in total. The molecule has 0 heterocycles. The molecule has 0 radical (unpaired) electrons. The monoisotopic (exact) mass is 154 g/mol. The lowest BCUT2D eigenvalue weighted by atomic mass is 10.3. The van der Waals surface area contributed by atoms with E-state index in [9.17, 15) is 13.2 Å². The summed E-state index contributed by atoms with van der Waals surface area (Å²) in [6, 6.07) is 0. The van der Waals surface area contributed by atoms with Crippen LogP contribution < -0.4 is 0 Å². The smallest absolute Gasteiger partial charge is 0.349 e. The van der Waals surface area contributed by atoms with Gasteiger partial charge in [0.2, 0.25) is 0 Å². The van der Waals surface area contributed by atoms with E-state index in [-0.39, 0.29) is 0 Å². The minimum absolute atomic E-state index is 1.08. The van der Waals surface area contributed by atoms with E-state index in [4.69, 9.17) is 10.2 Å². The SMILES string of the molecule is CC#CC(O)(O)C(F)(F)F. The number of halogens is 3. The first-order chi connectivity index (χ1) is 4.31. The molecule has 0 atom stereocenters. The lowest BCUT2D eigenvalue weighted by Crippen LogP contribution is -2.43. The van der Waals surface area contributed by atoms with Crippen molar-refractivity contribution in [2.24, 2.45) is 0 Å². The van der Waals surface area contributed by atoms with Crippen LogP contribution in [0.4, 0.5) is 13.2 Å². The Balaban J connectivity index is 4.51. The van der Waals surface area contributed by atoms with E-state index in [1.165, 1.54) is 5.92 Å². The molecule has 0 bridgehead atoms. The van der Waals surface area contributed by atoms with Crippen LogP contribution in [0.1, 0.15) is 6.92 Å². The van der Waals surface area contributed by atoms with Gasteiger partial charge < -0.3 is 10.2 Å². The average molecular weight is 154 g/mol. The Morgan fingerprint density at radius 3 is 1.70 bits per heavy atom. The van der Waals surface area contributed by atoms with Crippen molar-refractivity contribution in [2.75, 3.05) is 0 Å². The summed E-state index contributed by atoms with van der Waals surface area (Å²) in [6.45, 7) is 1.08. The molecule has 0 saturated heterocycles. The minimum atomic E-state index is -5.12. The molecule has 0 aromatic rings. The third-order valence-electron chi connectivity index (χ3n) is 0.695. The first-order valence-corrected chi connectivity index (χ1v) is 2.26. The number of alkyl halides is 3. The molecule has 0 aliphatic heterocycles. The molecular formula is C5H5F3O2. The first kappa shape index (κ1) is 9.27. The van der Waals surface area contributed by atoms with Crippen LogP contribution in [0, 0.1) is 11.8 Å². The van der Waals surface area contributed by atoms with Crippen LogP contribution in [0.15, 0.2) is 0 Å². The second kappa shape index (κ2) is 2.48. The molecular weight excluding hydrogens is 149 g/mol. The summed E-state index contributed by atoms with van der Waals surface area (Å²) in [6.07, 6.45) is -5.12. The minimum Gasteiger partial charge on any atom is -0.349 e. The van der Waals surface area contributed by atoms with Crippen LogP contribution in [0.3, 0.4) is 0 Å². The van der Waals surface area contributed by atoms with Crippen LogP contribution in [0.25, 0.3) is 0 Å². The van der Waals surface area contributed by atoms with Gasteiger partial charge in [0.15, 0.2) is 0 Å². The molecule has 0 spiro atoms. The van der Waals surface area contributed by atoms with Crippen LogP contribution >= 0.6 is 0 Å². The lowest BCUT2D eigenvalue weighted by Gasteiger charge is -2.17. The summed E-state index contributed by atoms with van der Waals surface area (Å²) >= 11 is 0. The standard InChI is InChI=1S/C5H5F3O2/c1-2-3-4(9,10)5(6,7)8/h9-10H,1H3. The van der Waals surface area contributed by atoms with Gasteiger partial charge in [-0.2, -0.15) is 13.2 Å². The number of hydrogen-bond acceptors (Lipinski definition) is 2. The van der Waals surface area contributed by atoms with E-state index < -0.39 is 12.0 Å². The fourth-order valence-corrected chi connectivity index (χ4v) is 0.245. The average Bonchev–Trinajstić information content (AvgIpc) is 1.61. The lowest BCUT2D eigenvalue weighted by molar-refractivity contribution is -0.318. The molecule has 5 heteroatoms. The van der Waals surface area contributed by atoms with Crippen molar-refractivity contribution < 1.29 is 23.4 Å². The zero-order valence-corrected chi connectivity index (χ0v) is 5.03. The summed E-state index contributed by atoms with van der Waals surface area (Å²) in [7, 11) is 0. The predicted molar refractivity (Wildman–Crippen MR) is 26.7 cm³/mol. The molecule has 0 fully saturated rings. The van der Waals surface area contributed by atoms with Crippen LogP contribution in [0.5, 0.6) is 0 Å². The highest BCUT2D eigenvalue weighted by molar-refractivity contribution is 5.09. The maximum absolute atomic E-state index is 11.4. The third kappa shape index (κ3) is 1.90. The van der Waals surface area contributed by atoms with Gasteiger partial charge in [0.05, 0.1) is 0 Å². The van der Waals surface area contributed by atoms with Crippen LogP contribution in [-0.4, -0.2) is 22.2 Å². The number of aliphatic hydroxyl groups is 2. The van der Waals surface area contributed by atoms with E-state index in [2.05, 4.69) is 0 Å². The van der Waals surface area contributed by atoms with Gasteiger partial charge in [0.25, 0.3) is 0 Å². The van der Waals surface area contributed by atoms with Crippen molar-refractivity contribution in [2.45, 2.75) is 18.9 Å². The molecule has 2 N–H and O–H groups in total. The van der Waals surface area contributed by atoms with Gasteiger partial charge in [0, 0.05) is 0 Å². The highest BCUT2D eigenvalue weighted by Gasteiger charge is 2.52. The topological polar surface area (TPSA) is 40.5 Å². The fourth-order valence-electron chi connectivity index (χ4n) is 0.245. The Morgan fingerprint density at radius 2 is 1.60 bits per heavy atom. The molecule has 0 amide bonds. The Bertz CT molecular complexity index is 172. The van der Waals surface area contributed by atoms with Crippen molar-refractivity contribution >= 4 is 0 Å². The predicted octanol–water partition coefficient (Wildman–Crippen LogP) is 0.253. The Morgan fingerprint density at radius 1 is 1.20 bits per heavy atom. The molecule has 0 unspecified atom stereocenters. The second-order valence-electron chi connectivity index (χ2n) is 1.54. The van der Waals surface area contributed by atoms with Crippen molar-refractivity contribution in [3.63, 3.8) is 0 Å². The number of hydrogen-bond donors (Lipinski definition) is 2. The Hall–Kier alpha value is -0.730. The van der Waals surface area contributed by atoms with E-state index in [0.717, 1.165) is 6.92 Å². The summed E-state index contributed by atoms with van der Waals surface area (Å²) in [5.74, 6) is -0.931. The molecule has 0 aromatic heterocycles. The van der Waals surface area contributed by atoms with Crippen molar-refractivity contribution in [1.82, 2.24) is 0 Å². The zero-order valence-electron chi connectivity index (χ0n) is 5.03. The highest BCUT2D eigenvalue weighted by Crippen LogP contribution is 2.26. The first-order valence-electron chi connectivity index (χ1n) is 2.26. The van der Waals surface area contributed by atoms with Crippen LogP contribution in [0.2, 0.25) is 0 Å². The van der Waals surface area contributed by atoms with Crippen molar-refractivity contribution in [3.05, 3.63) is 0 Å². The summed E-state index contributed by atoms with van der Waals surface area (Å²) in [4.78, 5) is 0. The molecule has 0 aliphatic carbocycles. The van der Waals surface area contributed by atoms with Crippen LogP contribution in [-0.2, 0) is 0 Å². The molecule has 0 saturated carbocycles. The largest absolute Gasteiger partial charge is 0.456 e. The Kier molecular flexibility index (Phi) is 2.30. The number of rotatable bonds is 0.